The molecule has 0 N–H and O–H groups in total. The van der Waals surface area contributed by atoms with Crippen molar-refractivity contribution < 1.29 is 0 Å². The second-order valence-corrected chi connectivity index (χ2v) is 3.65. The topological polar surface area (TPSA) is 6.48 Å². The Kier molecular flexibility index (Phi) is 2.09. The molecule has 72 valence electrons. The van der Waals surface area contributed by atoms with Crippen LogP contribution in [0.1, 0.15) is 13.8 Å². The van der Waals surface area contributed by atoms with Crippen molar-refractivity contribution in [3.8, 4) is 0 Å². The van der Waals surface area contributed by atoms with Gasteiger partial charge in [-0.25, -0.2) is 0 Å². The summed E-state index contributed by atoms with van der Waals surface area (Å²) in [5.41, 5.74) is 8.39. The normalized spacial score (nSPS) is 24.4. The maximum atomic E-state index is 3.00. The minimum absolute atomic E-state index is 0.379. The molecule has 2 aliphatic rings. The van der Waals surface area contributed by atoms with E-state index in [0.29, 0.717) is 6.17 Å². The molecule has 0 saturated carbocycles. The first kappa shape index (κ1) is 8.96. The third-order valence-corrected chi connectivity index (χ3v) is 2.72. The van der Waals surface area contributed by atoms with Crippen LogP contribution in [0.2, 0.25) is 0 Å². The molecule has 2 nitrogen and oxygen atoms in total. The molecule has 0 bridgehead atoms. The lowest BCUT2D eigenvalue weighted by molar-refractivity contribution is 0.236. The van der Waals surface area contributed by atoms with Gasteiger partial charge in [-0.1, -0.05) is 11.5 Å². The molecule has 0 amide bonds. The van der Waals surface area contributed by atoms with Crippen molar-refractivity contribution in [2.24, 2.45) is 0 Å². The van der Waals surface area contributed by atoms with E-state index in [1.165, 1.54) is 11.3 Å². The molecule has 0 aromatic carbocycles. The van der Waals surface area contributed by atoms with E-state index in [-0.39, 0.29) is 0 Å². The van der Waals surface area contributed by atoms with Crippen molar-refractivity contribution in [1.82, 2.24) is 9.80 Å². The molecule has 2 heteroatoms. The van der Waals surface area contributed by atoms with E-state index in [0.717, 1.165) is 0 Å². The highest BCUT2D eigenvalue weighted by atomic mass is 15.4. The Bertz CT molecular complexity index is 402. The van der Waals surface area contributed by atoms with Crippen LogP contribution in [-0.4, -0.2) is 23.0 Å². The Morgan fingerprint density at radius 3 is 2.50 bits per heavy atom. The molecular formula is C12H14N2. The van der Waals surface area contributed by atoms with Crippen molar-refractivity contribution in [2.75, 3.05) is 7.05 Å². The number of allylic oxidation sites excluding steroid dienone is 3. The van der Waals surface area contributed by atoms with Gasteiger partial charge >= 0.3 is 0 Å². The zero-order valence-corrected chi connectivity index (χ0v) is 8.78. The van der Waals surface area contributed by atoms with Crippen LogP contribution < -0.4 is 0 Å². The Hall–Kier alpha value is -1.62. The molecule has 0 saturated heterocycles. The first-order chi connectivity index (χ1) is 6.70. The van der Waals surface area contributed by atoms with Gasteiger partial charge in [-0.15, -0.1) is 0 Å². The van der Waals surface area contributed by atoms with Gasteiger partial charge in [0.2, 0.25) is 0 Å². The minimum atomic E-state index is 0.379. The predicted molar refractivity (Wildman–Crippen MR) is 57.1 cm³/mol. The van der Waals surface area contributed by atoms with E-state index in [1.54, 1.807) is 0 Å². The molecule has 1 heterocycles. The van der Waals surface area contributed by atoms with Gasteiger partial charge in [-0.05, 0) is 25.5 Å². The Balaban J connectivity index is 2.31. The van der Waals surface area contributed by atoms with E-state index < -0.39 is 0 Å². The molecule has 1 aliphatic carbocycles. The molecule has 0 radical (unpaired) electrons. The Morgan fingerprint density at radius 1 is 1.21 bits per heavy atom. The third-order valence-electron chi connectivity index (χ3n) is 2.72. The summed E-state index contributed by atoms with van der Waals surface area (Å²) in [6, 6.07) is 0. The smallest absolute Gasteiger partial charge is 0.102 e. The van der Waals surface area contributed by atoms with Crippen LogP contribution >= 0.6 is 0 Å². The number of nitrogens with zero attached hydrogens (tertiary/aromatic N) is 2. The zero-order valence-electron chi connectivity index (χ0n) is 8.78. The molecule has 0 aromatic rings. The molecule has 1 atom stereocenters. The molecule has 1 aliphatic heterocycles. The van der Waals surface area contributed by atoms with Gasteiger partial charge in [0.25, 0.3) is 0 Å². The van der Waals surface area contributed by atoms with Crippen LogP contribution in [0.15, 0.2) is 47.3 Å². The molecular weight excluding hydrogens is 172 g/mol. The average Bonchev–Trinajstić information content (AvgIpc) is 2.49. The van der Waals surface area contributed by atoms with Crippen LogP contribution in [0.25, 0.3) is 0 Å². The quantitative estimate of drug-likeness (QED) is 0.579. The van der Waals surface area contributed by atoms with Crippen LogP contribution in [0.5, 0.6) is 0 Å². The zero-order chi connectivity index (χ0) is 10.1. The second-order valence-electron chi connectivity index (χ2n) is 3.65. The highest BCUT2D eigenvalue weighted by Crippen LogP contribution is 2.23. The van der Waals surface area contributed by atoms with Gasteiger partial charge in [-0.2, -0.15) is 0 Å². The van der Waals surface area contributed by atoms with E-state index >= 15 is 0 Å². The van der Waals surface area contributed by atoms with Crippen LogP contribution in [0.3, 0.4) is 0 Å². The lowest BCUT2D eigenvalue weighted by Crippen LogP contribution is -2.33. The molecule has 0 aromatic heterocycles. The van der Waals surface area contributed by atoms with Crippen LogP contribution in [0, 0.1) is 0 Å². The number of rotatable bonds is 1. The monoisotopic (exact) mass is 186 g/mol. The summed E-state index contributed by atoms with van der Waals surface area (Å²) in [6.07, 6.45) is 8.51. The van der Waals surface area contributed by atoms with Gasteiger partial charge in [0.15, 0.2) is 0 Å². The number of hydrogen-bond acceptors (Lipinski definition) is 2. The lowest BCUT2D eigenvalue weighted by Gasteiger charge is -2.28. The second kappa shape index (κ2) is 3.26. The summed E-state index contributed by atoms with van der Waals surface area (Å²) in [6.45, 7) is 4.27. The van der Waals surface area contributed by atoms with E-state index in [2.05, 4.69) is 54.6 Å². The SMILES string of the molecule is CC1=C(N2C=CN(C)C2C)C=C=C=C1. The summed E-state index contributed by atoms with van der Waals surface area (Å²) in [5, 5.41) is 0. The van der Waals surface area contributed by atoms with Gasteiger partial charge in [0.1, 0.15) is 6.17 Å². The maximum Gasteiger partial charge on any atom is 0.102 e. The summed E-state index contributed by atoms with van der Waals surface area (Å²) in [5.74, 6) is 0. The van der Waals surface area contributed by atoms with Crippen molar-refractivity contribution in [1.29, 1.82) is 0 Å². The number of hydrogen-bond donors (Lipinski definition) is 0. The standard InChI is InChI=1S/C12H14N2/c1-10-6-4-5-7-12(10)14-9-8-13(3)11(14)2/h6-9,11H,1-3H3. The lowest BCUT2D eigenvalue weighted by atomic mass is 10.1. The van der Waals surface area contributed by atoms with Crippen LogP contribution in [-0.2, 0) is 0 Å². The van der Waals surface area contributed by atoms with Gasteiger partial charge < -0.3 is 9.80 Å². The fourth-order valence-electron chi connectivity index (χ4n) is 1.63. The molecule has 1 unspecified atom stereocenters. The fraction of sp³-hybridized carbons (Fsp3) is 0.333. The summed E-state index contributed by atoms with van der Waals surface area (Å²) in [7, 11) is 2.08. The van der Waals surface area contributed by atoms with Gasteiger partial charge in [0, 0.05) is 25.5 Å². The largest absolute Gasteiger partial charge is 0.359 e. The van der Waals surface area contributed by atoms with Crippen molar-refractivity contribution >= 4 is 0 Å². The highest BCUT2D eigenvalue weighted by Gasteiger charge is 2.21. The van der Waals surface area contributed by atoms with Crippen LogP contribution in [0.4, 0.5) is 0 Å². The Morgan fingerprint density at radius 2 is 1.93 bits per heavy atom. The van der Waals surface area contributed by atoms with E-state index in [9.17, 15) is 0 Å². The molecule has 0 fully saturated rings. The van der Waals surface area contributed by atoms with Gasteiger partial charge in [-0.3, -0.25) is 0 Å². The predicted octanol–water partition coefficient (Wildman–Crippen LogP) is 2.21. The van der Waals surface area contributed by atoms with Crippen molar-refractivity contribution in [3.05, 3.63) is 47.3 Å². The van der Waals surface area contributed by atoms with Crippen molar-refractivity contribution in [2.45, 2.75) is 20.0 Å². The van der Waals surface area contributed by atoms with Gasteiger partial charge in [0.05, 0.1) is 5.70 Å². The third kappa shape index (κ3) is 1.31. The van der Waals surface area contributed by atoms with Crippen molar-refractivity contribution in [3.63, 3.8) is 0 Å². The first-order valence-electron chi connectivity index (χ1n) is 4.77. The van der Waals surface area contributed by atoms with E-state index in [4.69, 9.17) is 0 Å². The summed E-state index contributed by atoms with van der Waals surface area (Å²) >= 11 is 0. The maximum absolute atomic E-state index is 3.00. The summed E-state index contributed by atoms with van der Waals surface area (Å²) in [4.78, 5) is 4.41. The average molecular weight is 186 g/mol. The minimum Gasteiger partial charge on any atom is -0.359 e. The van der Waals surface area contributed by atoms with E-state index in [1.807, 2.05) is 12.2 Å². The Labute approximate surface area is 84.8 Å². The molecule has 14 heavy (non-hydrogen) atoms. The highest BCUT2D eigenvalue weighted by molar-refractivity contribution is 5.35. The molecule has 0 spiro atoms. The fourth-order valence-corrected chi connectivity index (χ4v) is 1.63. The first-order valence-corrected chi connectivity index (χ1v) is 4.77. The molecule has 2 rings (SSSR count). The summed E-state index contributed by atoms with van der Waals surface area (Å²) < 4.78 is 0.